The SMILES string of the molecule is CCN(CC)C(=O)CCCOc1cc2c(cc1Cl)-c1cc(=O)c(C(=O)O)cn1C(C(C)C)CO2. The normalized spacial score (nSPS) is 14.6. The number of halogens is 1. The first-order chi connectivity index (χ1) is 16.2. The number of ether oxygens (including phenoxy) is 2. The van der Waals surface area contributed by atoms with E-state index >= 15 is 0 Å². The molecule has 0 spiro atoms. The summed E-state index contributed by atoms with van der Waals surface area (Å²) in [6.45, 7) is 9.88. The van der Waals surface area contributed by atoms with E-state index in [0.717, 1.165) is 0 Å². The number of hydrogen-bond acceptors (Lipinski definition) is 5. The van der Waals surface area contributed by atoms with Gasteiger partial charge in [-0.05, 0) is 32.3 Å². The number of hydrogen-bond donors (Lipinski definition) is 1. The average Bonchev–Trinajstić information content (AvgIpc) is 2.93. The van der Waals surface area contributed by atoms with Crippen molar-refractivity contribution in [3.63, 3.8) is 0 Å². The maximum absolute atomic E-state index is 12.5. The van der Waals surface area contributed by atoms with E-state index in [1.807, 2.05) is 27.7 Å². The molecule has 1 N–H and O–H groups in total. The molecule has 1 atom stereocenters. The highest BCUT2D eigenvalue weighted by Gasteiger charge is 2.28. The van der Waals surface area contributed by atoms with E-state index < -0.39 is 11.4 Å². The summed E-state index contributed by atoms with van der Waals surface area (Å²) in [5.74, 6) is -0.138. The number of pyridine rings is 1. The zero-order valence-corrected chi connectivity index (χ0v) is 20.7. The van der Waals surface area contributed by atoms with Crippen LogP contribution in [0.5, 0.6) is 11.5 Å². The highest BCUT2D eigenvalue weighted by atomic mass is 35.5. The summed E-state index contributed by atoms with van der Waals surface area (Å²) in [5.41, 5.74) is 0.261. The molecule has 1 aliphatic rings. The quantitative estimate of drug-likeness (QED) is 0.520. The van der Waals surface area contributed by atoms with Crippen molar-refractivity contribution in [1.29, 1.82) is 0 Å². The number of amides is 1. The number of nitrogens with zero attached hydrogens (tertiary/aromatic N) is 2. The van der Waals surface area contributed by atoms with E-state index in [1.54, 1.807) is 21.6 Å². The lowest BCUT2D eigenvalue weighted by Crippen LogP contribution is -2.30. The molecule has 3 rings (SSSR count). The summed E-state index contributed by atoms with van der Waals surface area (Å²) in [7, 11) is 0. The highest BCUT2D eigenvalue weighted by Crippen LogP contribution is 2.42. The van der Waals surface area contributed by atoms with Gasteiger partial charge < -0.3 is 24.0 Å². The molecule has 184 valence electrons. The van der Waals surface area contributed by atoms with E-state index in [4.69, 9.17) is 21.1 Å². The van der Waals surface area contributed by atoms with E-state index in [2.05, 4.69) is 0 Å². The van der Waals surface area contributed by atoms with Crippen LogP contribution < -0.4 is 14.9 Å². The molecule has 9 heteroatoms. The Kier molecular flexibility index (Phi) is 8.25. The molecule has 0 aliphatic carbocycles. The van der Waals surface area contributed by atoms with E-state index in [-0.39, 0.29) is 23.4 Å². The molecule has 0 fully saturated rings. The lowest BCUT2D eigenvalue weighted by atomic mass is 10.0. The zero-order chi connectivity index (χ0) is 25.0. The van der Waals surface area contributed by atoms with Crippen LogP contribution in [0.2, 0.25) is 5.02 Å². The highest BCUT2D eigenvalue weighted by molar-refractivity contribution is 6.32. The second-order valence-electron chi connectivity index (χ2n) is 8.57. The molecule has 0 bridgehead atoms. The minimum absolute atomic E-state index is 0.0902. The first-order valence-corrected chi connectivity index (χ1v) is 11.9. The van der Waals surface area contributed by atoms with Crippen LogP contribution in [-0.2, 0) is 4.79 Å². The van der Waals surface area contributed by atoms with Gasteiger partial charge in [0, 0.05) is 43.4 Å². The number of carboxylic acid groups (broad SMARTS) is 1. The number of benzene rings is 1. The number of carbonyl (C=O) groups excluding carboxylic acids is 1. The van der Waals surface area contributed by atoms with Crippen molar-refractivity contribution in [2.45, 2.75) is 46.6 Å². The third-order valence-corrected chi connectivity index (χ3v) is 6.36. The second kappa shape index (κ2) is 11.0. The maximum Gasteiger partial charge on any atom is 0.341 e. The minimum atomic E-state index is -1.27. The fourth-order valence-corrected chi connectivity index (χ4v) is 4.29. The lowest BCUT2D eigenvalue weighted by molar-refractivity contribution is -0.131. The predicted octanol–water partition coefficient (Wildman–Crippen LogP) is 4.48. The van der Waals surface area contributed by atoms with E-state index in [1.165, 1.54) is 12.3 Å². The Morgan fingerprint density at radius 2 is 1.97 bits per heavy atom. The van der Waals surface area contributed by atoms with Gasteiger partial charge in [0.25, 0.3) is 0 Å². The molecule has 0 radical (unpaired) electrons. The van der Waals surface area contributed by atoms with Gasteiger partial charge in [0.15, 0.2) is 5.43 Å². The summed E-state index contributed by atoms with van der Waals surface area (Å²) >= 11 is 6.50. The third kappa shape index (κ3) is 5.38. The number of fused-ring (bicyclic) bond motifs is 3. The topological polar surface area (TPSA) is 98.1 Å². The Morgan fingerprint density at radius 3 is 2.59 bits per heavy atom. The summed E-state index contributed by atoms with van der Waals surface area (Å²) in [5, 5.41) is 9.76. The van der Waals surface area contributed by atoms with Crippen LogP contribution >= 0.6 is 11.6 Å². The first-order valence-electron chi connectivity index (χ1n) is 11.5. The van der Waals surface area contributed by atoms with Crippen LogP contribution in [0.15, 0.2) is 29.2 Å². The Balaban J connectivity index is 1.88. The number of rotatable bonds is 9. The van der Waals surface area contributed by atoms with Gasteiger partial charge in [-0.1, -0.05) is 25.4 Å². The van der Waals surface area contributed by atoms with Gasteiger partial charge in [-0.15, -0.1) is 0 Å². The summed E-state index contributed by atoms with van der Waals surface area (Å²) in [6, 6.07) is 4.49. The van der Waals surface area contributed by atoms with Gasteiger partial charge in [-0.3, -0.25) is 9.59 Å². The average molecular weight is 491 g/mol. The van der Waals surface area contributed by atoms with Gasteiger partial charge in [-0.2, -0.15) is 0 Å². The van der Waals surface area contributed by atoms with Crippen LogP contribution in [0.4, 0.5) is 0 Å². The van der Waals surface area contributed by atoms with Crippen molar-refractivity contribution < 1.29 is 24.2 Å². The predicted molar refractivity (Wildman–Crippen MR) is 130 cm³/mol. The van der Waals surface area contributed by atoms with Crippen molar-refractivity contribution >= 4 is 23.5 Å². The summed E-state index contributed by atoms with van der Waals surface area (Å²) in [6.07, 6.45) is 2.32. The molecule has 0 saturated carbocycles. The fourth-order valence-electron chi connectivity index (χ4n) is 4.07. The Labute approximate surface area is 204 Å². The largest absolute Gasteiger partial charge is 0.492 e. The monoisotopic (exact) mass is 490 g/mol. The lowest BCUT2D eigenvalue weighted by Gasteiger charge is -2.24. The van der Waals surface area contributed by atoms with Crippen LogP contribution in [0.25, 0.3) is 11.3 Å². The van der Waals surface area contributed by atoms with Gasteiger partial charge in [0.2, 0.25) is 5.91 Å². The molecule has 1 aromatic carbocycles. The van der Waals surface area contributed by atoms with Crippen molar-refractivity contribution in [3.05, 3.63) is 45.2 Å². The Morgan fingerprint density at radius 1 is 1.26 bits per heavy atom. The van der Waals surface area contributed by atoms with Crippen LogP contribution in [0, 0.1) is 5.92 Å². The molecular formula is C25H31ClN2O6. The van der Waals surface area contributed by atoms with Crippen LogP contribution in [-0.4, -0.2) is 52.8 Å². The molecule has 1 aromatic heterocycles. The fraction of sp³-hybridized carbons (Fsp3) is 0.480. The molecule has 1 amide bonds. The summed E-state index contributed by atoms with van der Waals surface area (Å²) < 4.78 is 13.7. The minimum Gasteiger partial charge on any atom is -0.492 e. The third-order valence-electron chi connectivity index (χ3n) is 6.07. The number of aromatic carboxylic acids is 1. The Bertz CT molecular complexity index is 1120. The number of carbonyl (C=O) groups is 2. The van der Waals surface area contributed by atoms with E-state index in [0.29, 0.717) is 66.9 Å². The van der Waals surface area contributed by atoms with Crippen molar-refractivity contribution in [2.75, 3.05) is 26.3 Å². The first kappa shape index (κ1) is 25.6. The number of aromatic nitrogens is 1. The van der Waals surface area contributed by atoms with Crippen molar-refractivity contribution in [3.8, 4) is 22.8 Å². The second-order valence-corrected chi connectivity index (χ2v) is 8.98. The molecule has 1 unspecified atom stereocenters. The van der Waals surface area contributed by atoms with Crippen molar-refractivity contribution in [2.24, 2.45) is 5.92 Å². The standard InChI is InChI=1S/C25H31ClN2O6/c1-5-27(6-2)24(30)8-7-9-33-23-12-22-16(10-18(23)26)19-11-21(29)17(25(31)32)13-28(19)20(14-34-22)15(3)4/h10-13,15,20H,5-9,14H2,1-4H3,(H,31,32). The maximum atomic E-state index is 12.5. The van der Waals surface area contributed by atoms with Gasteiger partial charge in [-0.25, -0.2) is 4.79 Å². The van der Waals surface area contributed by atoms with Crippen molar-refractivity contribution in [1.82, 2.24) is 9.47 Å². The van der Waals surface area contributed by atoms with Gasteiger partial charge in [0.1, 0.15) is 23.7 Å². The smallest absolute Gasteiger partial charge is 0.341 e. The molecule has 0 saturated heterocycles. The molecule has 2 heterocycles. The number of carboxylic acids is 1. The Hall–Kier alpha value is -3.00. The molecule has 2 aromatic rings. The molecule has 1 aliphatic heterocycles. The van der Waals surface area contributed by atoms with Crippen LogP contribution in [0.3, 0.4) is 0 Å². The molecule has 8 nitrogen and oxygen atoms in total. The molecule has 34 heavy (non-hydrogen) atoms. The van der Waals surface area contributed by atoms with Crippen LogP contribution in [0.1, 0.15) is 56.9 Å². The molecular weight excluding hydrogens is 460 g/mol. The van der Waals surface area contributed by atoms with Gasteiger partial charge in [0.05, 0.1) is 23.4 Å². The van der Waals surface area contributed by atoms with Gasteiger partial charge >= 0.3 is 5.97 Å². The zero-order valence-electron chi connectivity index (χ0n) is 20.0. The van der Waals surface area contributed by atoms with E-state index in [9.17, 15) is 19.5 Å². The summed E-state index contributed by atoms with van der Waals surface area (Å²) in [4.78, 5) is 38.0.